The van der Waals surface area contributed by atoms with Crippen molar-refractivity contribution in [2.24, 2.45) is 0 Å². The van der Waals surface area contributed by atoms with Crippen LogP contribution in [0.4, 0.5) is 5.69 Å². The van der Waals surface area contributed by atoms with E-state index in [1.54, 1.807) is 0 Å². The van der Waals surface area contributed by atoms with Crippen LogP contribution >= 0.6 is 0 Å². The normalized spacial score (nSPS) is 20.7. The summed E-state index contributed by atoms with van der Waals surface area (Å²) in [4.78, 5) is 4.50. The van der Waals surface area contributed by atoms with Crippen LogP contribution in [-0.4, -0.2) is 53.1 Å². The van der Waals surface area contributed by atoms with Gasteiger partial charge in [-0.1, -0.05) is 31.4 Å². The number of nitrogens with one attached hydrogen (secondary N) is 2. The van der Waals surface area contributed by atoms with Crippen LogP contribution in [0.2, 0.25) is 0 Å². The lowest BCUT2D eigenvalue weighted by molar-refractivity contribution is 0.164. The summed E-state index contributed by atoms with van der Waals surface area (Å²) in [5.41, 5.74) is 2.32. The molecule has 0 amide bonds. The Morgan fingerprint density at radius 2 is 1.67 bits per heavy atom. The molecule has 0 bridgehead atoms. The molecular weight excluding hydrogens is 360 g/mol. The van der Waals surface area contributed by atoms with Crippen molar-refractivity contribution in [3.05, 3.63) is 29.8 Å². The van der Waals surface area contributed by atoms with Crippen molar-refractivity contribution in [1.29, 1.82) is 0 Å². The average molecular weight is 395 g/mol. The van der Waals surface area contributed by atoms with Crippen LogP contribution in [0.1, 0.15) is 56.6 Å². The highest BCUT2D eigenvalue weighted by atomic mass is 32.2. The lowest BCUT2D eigenvalue weighted by Gasteiger charge is -2.35. The van der Waals surface area contributed by atoms with Gasteiger partial charge >= 0.3 is 0 Å². The molecule has 27 heavy (non-hydrogen) atoms. The molecule has 1 aromatic rings. The Morgan fingerprint density at radius 1 is 1.04 bits per heavy atom. The zero-order valence-corrected chi connectivity index (χ0v) is 17.5. The molecule has 7 heteroatoms. The van der Waals surface area contributed by atoms with Crippen LogP contribution in [0.3, 0.4) is 0 Å². The fraction of sp³-hybridized carbons (Fsp3) is 0.700. The maximum atomic E-state index is 12.5. The van der Waals surface area contributed by atoms with Gasteiger partial charge in [0.25, 0.3) is 10.2 Å². The minimum Gasteiger partial charge on any atom is -0.378 e. The summed E-state index contributed by atoms with van der Waals surface area (Å²) in [6.07, 6.45) is 7.74. The number of rotatable bonds is 8. The predicted octanol–water partition coefficient (Wildman–Crippen LogP) is 2.65. The third-order valence-corrected chi connectivity index (χ3v) is 6.96. The molecule has 1 saturated carbocycles. The molecule has 6 nitrogen and oxygen atoms in total. The van der Waals surface area contributed by atoms with Gasteiger partial charge in [0.05, 0.1) is 0 Å². The molecule has 1 aliphatic heterocycles. The largest absolute Gasteiger partial charge is 0.378 e. The first-order chi connectivity index (χ1) is 12.9. The van der Waals surface area contributed by atoms with E-state index in [1.165, 1.54) is 24.8 Å². The zero-order valence-electron chi connectivity index (χ0n) is 16.7. The van der Waals surface area contributed by atoms with E-state index in [9.17, 15) is 8.42 Å². The standard InChI is InChI=1S/C20H34N4O2S/c1-23(2)19-12-10-17(11-13-19)20(24-14-6-3-7-15-24)16-21-27(25,26)22-18-8-4-5-9-18/h10-13,18,20-22H,3-9,14-16H2,1-2H3. The van der Waals surface area contributed by atoms with Gasteiger partial charge in [0.15, 0.2) is 0 Å². The van der Waals surface area contributed by atoms with Gasteiger partial charge in [-0.15, -0.1) is 0 Å². The Hall–Kier alpha value is -1.15. The Bertz CT molecular complexity index is 678. The number of nitrogens with zero attached hydrogens (tertiary/aromatic N) is 2. The molecule has 1 saturated heterocycles. The molecule has 0 spiro atoms. The summed E-state index contributed by atoms with van der Waals surface area (Å²) in [5, 5.41) is 0. The highest BCUT2D eigenvalue weighted by Crippen LogP contribution is 2.26. The van der Waals surface area contributed by atoms with Crippen molar-refractivity contribution in [2.75, 3.05) is 38.6 Å². The molecule has 1 aliphatic carbocycles. The predicted molar refractivity (Wildman–Crippen MR) is 111 cm³/mol. The fourth-order valence-corrected chi connectivity index (χ4v) is 5.31. The van der Waals surface area contributed by atoms with Crippen molar-refractivity contribution >= 4 is 15.9 Å². The van der Waals surface area contributed by atoms with E-state index in [0.717, 1.165) is 44.5 Å². The highest BCUT2D eigenvalue weighted by Gasteiger charge is 2.26. The first-order valence-corrected chi connectivity index (χ1v) is 11.7. The number of likely N-dealkylation sites (tertiary alicyclic amines) is 1. The first kappa shape index (κ1) is 20.6. The molecule has 2 aliphatic rings. The van der Waals surface area contributed by atoms with Crippen molar-refractivity contribution in [2.45, 2.75) is 57.0 Å². The molecular formula is C20H34N4O2S. The quantitative estimate of drug-likeness (QED) is 0.711. The van der Waals surface area contributed by atoms with Gasteiger partial charge < -0.3 is 4.90 Å². The van der Waals surface area contributed by atoms with Gasteiger partial charge in [-0.05, 0) is 56.5 Å². The minimum absolute atomic E-state index is 0.0710. The van der Waals surface area contributed by atoms with Crippen LogP contribution in [-0.2, 0) is 10.2 Å². The van der Waals surface area contributed by atoms with Crippen LogP contribution in [0.5, 0.6) is 0 Å². The first-order valence-electron chi connectivity index (χ1n) is 10.2. The molecule has 0 radical (unpaired) electrons. The molecule has 1 aromatic carbocycles. The smallest absolute Gasteiger partial charge is 0.277 e. The number of benzene rings is 1. The third kappa shape index (κ3) is 5.91. The van der Waals surface area contributed by atoms with Gasteiger partial charge in [-0.25, -0.2) is 4.72 Å². The number of hydrogen-bond donors (Lipinski definition) is 2. The van der Waals surface area contributed by atoms with E-state index < -0.39 is 10.2 Å². The third-order valence-electron chi connectivity index (χ3n) is 5.77. The molecule has 3 rings (SSSR count). The van der Waals surface area contributed by atoms with E-state index in [2.05, 4.69) is 43.5 Å². The molecule has 2 N–H and O–H groups in total. The van der Waals surface area contributed by atoms with Gasteiger partial charge in [-0.3, -0.25) is 4.90 Å². The van der Waals surface area contributed by atoms with E-state index in [1.807, 2.05) is 14.1 Å². The molecule has 0 aromatic heterocycles. The van der Waals surface area contributed by atoms with Crippen molar-refractivity contribution in [3.63, 3.8) is 0 Å². The van der Waals surface area contributed by atoms with Crippen molar-refractivity contribution in [3.8, 4) is 0 Å². The van der Waals surface area contributed by atoms with Gasteiger partial charge in [-0.2, -0.15) is 13.1 Å². The zero-order chi connectivity index (χ0) is 19.3. The summed E-state index contributed by atoms with van der Waals surface area (Å²) in [7, 11) is 0.592. The summed E-state index contributed by atoms with van der Waals surface area (Å²) >= 11 is 0. The lowest BCUT2D eigenvalue weighted by atomic mass is 10.0. The Kier molecular flexibility index (Phi) is 7.14. The number of hydrogen-bond acceptors (Lipinski definition) is 4. The van der Waals surface area contributed by atoms with Crippen LogP contribution in [0.25, 0.3) is 0 Å². The van der Waals surface area contributed by atoms with Crippen molar-refractivity contribution < 1.29 is 8.42 Å². The molecule has 1 atom stereocenters. The molecule has 2 fully saturated rings. The van der Waals surface area contributed by atoms with Gasteiger partial charge in [0.1, 0.15) is 0 Å². The molecule has 1 heterocycles. The Morgan fingerprint density at radius 3 is 2.26 bits per heavy atom. The topological polar surface area (TPSA) is 64.7 Å². The Balaban J connectivity index is 1.69. The minimum atomic E-state index is -3.46. The summed E-state index contributed by atoms with van der Waals surface area (Å²) in [6, 6.07) is 8.65. The van der Waals surface area contributed by atoms with E-state index in [-0.39, 0.29) is 12.1 Å². The van der Waals surface area contributed by atoms with Crippen LogP contribution < -0.4 is 14.3 Å². The van der Waals surface area contributed by atoms with E-state index in [4.69, 9.17) is 0 Å². The summed E-state index contributed by atoms with van der Waals surface area (Å²) < 4.78 is 30.7. The van der Waals surface area contributed by atoms with Crippen molar-refractivity contribution in [1.82, 2.24) is 14.3 Å². The lowest BCUT2D eigenvalue weighted by Crippen LogP contribution is -2.46. The molecule has 1 unspecified atom stereocenters. The van der Waals surface area contributed by atoms with Gasteiger partial charge in [0, 0.05) is 38.4 Å². The van der Waals surface area contributed by atoms with E-state index >= 15 is 0 Å². The van der Waals surface area contributed by atoms with Crippen LogP contribution in [0, 0.1) is 0 Å². The maximum Gasteiger partial charge on any atom is 0.277 e. The SMILES string of the molecule is CN(C)c1ccc(C(CNS(=O)(=O)NC2CCCC2)N2CCCCC2)cc1. The second-order valence-corrected chi connectivity index (χ2v) is 9.58. The fourth-order valence-electron chi connectivity index (χ4n) is 4.18. The highest BCUT2D eigenvalue weighted by molar-refractivity contribution is 7.87. The summed E-state index contributed by atoms with van der Waals surface area (Å²) in [5.74, 6) is 0. The second-order valence-electron chi connectivity index (χ2n) is 8.05. The average Bonchev–Trinajstić information content (AvgIpc) is 3.15. The van der Waals surface area contributed by atoms with E-state index in [0.29, 0.717) is 6.54 Å². The number of piperidine rings is 1. The second kappa shape index (κ2) is 9.37. The summed E-state index contributed by atoms with van der Waals surface area (Å²) in [6.45, 7) is 2.46. The van der Waals surface area contributed by atoms with Crippen LogP contribution in [0.15, 0.2) is 24.3 Å². The number of anilines is 1. The molecule has 152 valence electrons. The monoisotopic (exact) mass is 394 g/mol. The van der Waals surface area contributed by atoms with Gasteiger partial charge in [0.2, 0.25) is 0 Å². The maximum absolute atomic E-state index is 12.5. The Labute approximate surface area is 164 Å².